The lowest BCUT2D eigenvalue weighted by molar-refractivity contribution is -0.161. The molecule has 0 aromatic carbocycles. The molecule has 0 saturated heterocycles. The van der Waals surface area contributed by atoms with Gasteiger partial charge in [-0.3, -0.25) is 18.6 Å². The first kappa shape index (κ1) is 47.0. The highest BCUT2D eigenvalue weighted by Crippen LogP contribution is 2.43. The summed E-state index contributed by atoms with van der Waals surface area (Å²) in [5.74, 6) is -0.925. The Morgan fingerprint density at radius 1 is 0.633 bits per heavy atom. The van der Waals surface area contributed by atoms with Crippen molar-refractivity contribution in [2.75, 3.05) is 26.4 Å². The van der Waals surface area contributed by atoms with Gasteiger partial charge in [0.1, 0.15) is 6.61 Å². The van der Waals surface area contributed by atoms with Gasteiger partial charge < -0.3 is 20.1 Å². The van der Waals surface area contributed by atoms with Crippen LogP contribution in [0.5, 0.6) is 0 Å². The summed E-state index contributed by atoms with van der Waals surface area (Å²) in [5, 5.41) is 0. The second kappa shape index (κ2) is 35.8. The molecule has 0 saturated carbocycles. The molecule has 2 atom stereocenters. The van der Waals surface area contributed by atoms with Gasteiger partial charge in [-0.25, -0.2) is 4.57 Å². The minimum absolute atomic E-state index is 0.0425. The molecule has 0 aliphatic heterocycles. The first-order valence-electron chi connectivity index (χ1n) is 19.1. The smallest absolute Gasteiger partial charge is 0.462 e. The van der Waals surface area contributed by atoms with Gasteiger partial charge in [0.2, 0.25) is 0 Å². The number of carbonyl (C=O) groups excluding carboxylic acids is 2. The number of allylic oxidation sites excluding steroid dienone is 8. The average Bonchev–Trinajstić information content (AvgIpc) is 3.08. The third-order valence-corrected chi connectivity index (χ3v) is 8.71. The van der Waals surface area contributed by atoms with Crippen LogP contribution in [-0.2, 0) is 32.7 Å². The molecule has 0 rings (SSSR count). The fourth-order valence-corrected chi connectivity index (χ4v) is 5.62. The highest BCUT2D eigenvalue weighted by Gasteiger charge is 2.25. The van der Waals surface area contributed by atoms with E-state index in [0.29, 0.717) is 12.8 Å². The molecule has 0 amide bonds. The molecular weight excluding hydrogens is 641 g/mol. The van der Waals surface area contributed by atoms with E-state index in [1.165, 1.54) is 57.8 Å². The number of carbonyl (C=O) groups is 2. The fraction of sp³-hybridized carbons (Fsp3) is 0.744. The van der Waals surface area contributed by atoms with Gasteiger partial charge in [-0.15, -0.1) is 0 Å². The van der Waals surface area contributed by atoms with Gasteiger partial charge in [0.05, 0.1) is 13.2 Å². The summed E-state index contributed by atoms with van der Waals surface area (Å²) in [7, 11) is -4.39. The first-order chi connectivity index (χ1) is 23.8. The largest absolute Gasteiger partial charge is 0.472 e. The molecule has 2 unspecified atom stereocenters. The van der Waals surface area contributed by atoms with Crippen LogP contribution >= 0.6 is 7.82 Å². The topological polar surface area (TPSA) is 134 Å². The van der Waals surface area contributed by atoms with Crippen molar-refractivity contribution < 1.29 is 37.6 Å². The Bertz CT molecular complexity index is 949. The molecule has 10 heteroatoms. The van der Waals surface area contributed by atoms with Crippen LogP contribution in [-0.4, -0.2) is 49.3 Å². The summed E-state index contributed by atoms with van der Waals surface area (Å²) in [5.41, 5.74) is 5.32. The Kier molecular flexibility index (Phi) is 34.3. The van der Waals surface area contributed by atoms with Crippen molar-refractivity contribution in [3.05, 3.63) is 48.6 Å². The first-order valence-corrected chi connectivity index (χ1v) is 20.6. The molecule has 0 fully saturated rings. The van der Waals surface area contributed by atoms with Crippen LogP contribution in [0.25, 0.3) is 0 Å². The lowest BCUT2D eigenvalue weighted by Crippen LogP contribution is -2.29. The predicted octanol–water partition coefficient (Wildman–Crippen LogP) is 10.4. The molecule has 49 heavy (non-hydrogen) atoms. The van der Waals surface area contributed by atoms with Gasteiger partial charge in [0.15, 0.2) is 6.10 Å². The van der Waals surface area contributed by atoms with E-state index in [1.54, 1.807) is 0 Å². The molecule has 0 heterocycles. The van der Waals surface area contributed by atoms with Crippen LogP contribution in [0.15, 0.2) is 48.6 Å². The maximum Gasteiger partial charge on any atom is 0.472 e. The number of ether oxygens (including phenoxy) is 2. The van der Waals surface area contributed by atoms with E-state index in [4.69, 9.17) is 24.3 Å². The zero-order valence-electron chi connectivity index (χ0n) is 30.9. The SMILES string of the molecule is CCCCC/C=C/C=C/CCCCCCCCC(=O)OCC(COP(=O)(O)OCCN)OC(=O)CC/C=C/C/C=C/CCCCCCCC. The fourth-order valence-electron chi connectivity index (χ4n) is 4.85. The average molecular weight is 712 g/mol. The molecule has 0 aromatic heterocycles. The number of phosphoric acid groups is 1. The van der Waals surface area contributed by atoms with E-state index >= 15 is 0 Å². The van der Waals surface area contributed by atoms with E-state index in [9.17, 15) is 19.0 Å². The minimum Gasteiger partial charge on any atom is -0.462 e. The monoisotopic (exact) mass is 711 g/mol. The number of hydrogen-bond donors (Lipinski definition) is 2. The number of unbranched alkanes of at least 4 members (excludes halogenated alkanes) is 15. The van der Waals surface area contributed by atoms with Gasteiger partial charge in [-0.05, 0) is 57.8 Å². The summed E-state index contributed by atoms with van der Waals surface area (Å²) in [6.45, 7) is 3.59. The molecule has 9 nitrogen and oxygen atoms in total. The Labute approximate surface area is 298 Å². The molecule has 0 spiro atoms. The van der Waals surface area contributed by atoms with Gasteiger partial charge in [0, 0.05) is 19.4 Å². The third kappa shape index (κ3) is 35.6. The number of hydrogen-bond acceptors (Lipinski definition) is 8. The predicted molar refractivity (Wildman–Crippen MR) is 201 cm³/mol. The molecule has 0 radical (unpaired) electrons. The second-order valence-corrected chi connectivity index (χ2v) is 13.9. The zero-order valence-corrected chi connectivity index (χ0v) is 31.8. The van der Waals surface area contributed by atoms with Crippen molar-refractivity contribution >= 4 is 19.8 Å². The summed E-state index contributed by atoms with van der Waals surface area (Å²) in [6.07, 6.45) is 38.7. The van der Waals surface area contributed by atoms with Gasteiger partial charge >= 0.3 is 19.8 Å². The molecule has 3 N–H and O–H groups in total. The maximum absolute atomic E-state index is 12.5. The van der Waals surface area contributed by atoms with E-state index in [1.807, 2.05) is 12.2 Å². The maximum atomic E-state index is 12.5. The summed E-state index contributed by atoms with van der Waals surface area (Å²) in [6, 6.07) is 0. The summed E-state index contributed by atoms with van der Waals surface area (Å²) in [4.78, 5) is 34.6. The van der Waals surface area contributed by atoms with Crippen LogP contribution in [0, 0.1) is 0 Å². The molecule has 0 aliphatic rings. The number of nitrogens with two attached hydrogens (primary N) is 1. The quantitative estimate of drug-likeness (QED) is 0.0216. The van der Waals surface area contributed by atoms with Gasteiger partial charge in [-0.2, -0.15) is 0 Å². The Morgan fingerprint density at radius 2 is 1.16 bits per heavy atom. The van der Waals surface area contributed by atoms with Crippen LogP contribution in [0.2, 0.25) is 0 Å². The number of esters is 2. The number of rotatable bonds is 35. The molecule has 0 aromatic rings. The van der Waals surface area contributed by atoms with E-state index in [0.717, 1.165) is 57.8 Å². The normalized spacial score (nSPS) is 14.0. The van der Waals surface area contributed by atoms with Crippen molar-refractivity contribution in [1.82, 2.24) is 0 Å². The van der Waals surface area contributed by atoms with Crippen LogP contribution < -0.4 is 5.73 Å². The van der Waals surface area contributed by atoms with Gasteiger partial charge in [-0.1, -0.05) is 133 Å². The number of phosphoric ester groups is 1. The van der Waals surface area contributed by atoms with Crippen LogP contribution in [0.1, 0.15) is 155 Å². The second-order valence-electron chi connectivity index (χ2n) is 12.5. The van der Waals surface area contributed by atoms with Crippen molar-refractivity contribution in [2.24, 2.45) is 5.73 Å². The Morgan fingerprint density at radius 3 is 1.80 bits per heavy atom. The van der Waals surface area contributed by atoms with E-state index in [-0.39, 0.29) is 32.6 Å². The molecule has 0 aliphatic carbocycles. The third-order valence-electron chi connectivity index (χ3n) is 7.73. The summed E-state index contributed by atoms with van der Waals surface area (Å²) >= 11 is 0. The summed E-state index contributed by atoms with van der Waals surface area (Å²) < 4.78 is 32.5. The zero-order chi connectivity index (χ0) is 36.1. The standard InChI is InChI=1S/C39H70NO8P/c1-3-5-7-9-11-13-15-17-18-20-21-23-25-27-29-31-38(41)45-35-37(36-47-49(43,44)46-34-33-40)48-39(42)32-30-28-26-24-22-19-16-14-12-10-8-6-4-2/h11,13,15,17,19,22,26,28,37H,3-10,12,14,16,18,20-21,23-25,27,29-36,40H2,1-2H3,(H,43,44)/b13-11+,17-15+,22-19+,28-26+. The highest BCUT2D eigenvalue weighted by molar-refractivity contribution is 7.47. The van der Waals surface area contributed by atoms with Crippen LogP contribution in [0.3, 0.4) is 0 Å². The van der Waals surface area contributed by atoms with Gasteiger partial charge in [0.25, 0.3) is 0 Å². The lowest BCUT2D eigenvalue weighted by Gasteiger charge is -2.19. The minimum atomic E-state index is -4.39. The molecular formula is C39H70NO8P. The molecule has 284 valence electrons. The van der Waals surface area contributed by atoms with E-state index < -0.39 is 32.5 Å². The van der Waals surface area contributed by atoms with Crippen molar-refractivity contribution in [3.8, 4) is 0 Å². The lowest BCUT2D eigenvalue weighted by atomic mass is 10.1. The van der Waals surface area contributed by atoms with E-state index in [2.05, 4.69) is 50.3 Å². The molecule has 0 bridgehead atoms. The van der Waals surface area contributed by atoms with Crippen molar-refractivity contribution in [1.29, 1.82) is 0 Å². The highest BCUT2D eigenvalue weighted by atomic mass is 31.2. The Hall–Kier alpha value is -2.03. The van der Waals surface area contributed by atoms with Crippen molar-refractivity contribution in [3.63, 3.8) is 0 Å². The van der Waals surface area contributed by atoms with Crippen LogP contribution in [0.4, 0.5) is 0 Å². The Balaban J connectivity index is 4.33. The van der Waals surface area contributed by atoms with Crippen molar-refractivity contribution in [2.45, 2.75) is 161 Å².